The van der Waals surface area contributed by atoms with E-state index in [1.807, 2.05) is 62.0 Å². The molecule has 1 atom stereocenters. The SMILES string of the molecule is [2H]C([2H])([2H])C12c3cc(C)ccc3-c3ccc(C)c(c31)-c1c(ccc[n+]1C)C2([2H])[2H]. The van der Waals surface area contributed by atoms with E-state index in [4.69, 9.17) is 4.11 Å². The second kappa shape index (κ2) is 4.36. The summed E-state index contributed by atoms with van der Waals surface area (Å²) in [4.78, 5) is 0. The summed E-state index contributed by atoms with van der Waals surface area (Å²) in [5.74, 6) is 0. The zero-order valence-corrected chi connectivity index (χ0v) is 14.1. The first-order valence-electron chi connectivity index (χ1n) is 10.8. The number of rotatable bonds is 0. The second-order valence-corrected chi connectivity index (χ2v) is 6.99. The summed E-state index contributed by atoms with van der Waals surface area (Å²) in [6, 6.07) is 13.3. The predicted molar refractivity (Wildman–Crippen MR) is 98.1 cm³/mol. The fraction of sp³-hybridized carbons (Fsp3) is 0.261. The molecule has 1 heteroatoms. The molecule has 2 aliphatic rings. The van der Waals surface area contributed by atoms with Gasteiger partial charge in [-0.25, -0.2) is 4.57 Å². The van der Waals surface area contributed by atoms with E-state index in [9.17, 15) is 2.74 Å². The third-order valence-electron chi connectivity index (χ3n) is 5.40. The molecule has 118 valence electrons. The van der Waals surface area contributed by atoms with E-state index in [1.165, 1.54) is 0 Å². The van der Waals surface area contributed by atoms with E-state index in [0.717, 1.165) is 33.5 Å². The molecular weight excluding hydrogens is 290 g/mol. The molecule has 3 aromatic rings. The van der Waals surface area contributed by atoms with Crippen molar-refractivity contribution in [2.24, 2.45) is 7.05 Å². The Bertz CT molecular complexity index is 1210. The van der Waals surface area contributed by atoms with E-state index in [2.05, 4.69) is 0 Å². The molecule has 0 saturated heterocycles. The lowest BCUT2D eigenvalue weighted by Crippen LogP contribution is -2.38. The van der Waals surface area contributed by atoms with Gasteiger partial charge < -0.3 is 0 Å². The van der Waals surface area contributed by atoms with Crippen molar-refractivity contribution in [1.82, 2.24) is 0 Å². The van der Waals surface area contributed by atoms with E-state index in [-0.39, 0.29) is 0 Å². The largest absolute Gasteiger partial charge is 0.216 e. The highest BCUT2D eigenvalue weighted by atomic mass is 14.9. The highest BCUT2D eigenvalue weighted by molar-refractivity contribution is 5.91. The van der Waals surface area contributed by atoms with Crippen LogP contribution in [0, 0.1) is 13.8 Å². The average Bonchev–Trinajstić information content (AvgIpc) is 2.92. The smallest absolute Gasteiger partial charge is 0.201 e. The molecule has 1 nitrogen and oxygen atoms in total. The third-order valence-corrected chi connectivity index (χ3v) is 5.40. The van der Waals surface area contributed by atoms with Crippen molar-refractivity contribution in [2.75, 3.05) is 0 Å². The molecule has 0 fully saturated rings. The van der Waals surface area contributed by atoms with Gasteiger partial charge in [-0.2, -0.15) is 0 Å². The van der Waals surface area contributed by atoms with Crippen LogP contribution in [-0.4, -0.2) is 0 Å². The minimum atomic E-state index is -2.57. The Morgan fingerprint density at radius 2 is 1.96 bits per heavy atom. The standard InChI is InChI=1S/C23H22N/c1-14-7-9-17-18-10-8-15(2)20-21(18)23(3,19(17)12-14)13-16-6-5-11-24(4)22(16)20/h5-12H,13H2,1-4H3/q+1/i3D3,13D2. The maximum Gasteiger partial charge on any atom is 0.216 e. The minimum Gasteiger partial charge on any atom is -0.201 e. The molecule has 0 amide bonds. The van der Waals surface area contributed by atoms with Crippen molar-refractivity contribution in [1.29, 1.82) is 0 Å². The molecule has 0 saturated carbocycles. The van der Waals surface area contributed by atoms with Crippen LogP contribution in [0.1, 0.15) is 41.5 Å². The Morgan fingerprint density at radius 3 is 2.79 bits per heavy atom. The summed E-state index contributed by atoms with van der Waals surface area (Å²) in [5, 5.41) is 0. The topological polar surface area (TPSA) is 3.88 Å². The number of pyridine rings is 1. The first-order chi connectivity index (χ1) is 13.5. The Labute approximate surface area is 150 Å². The van der Waals surface area contributed by atoms with Crippen molar-refractivity contribution in [3.8, 4) is 22.4 Å². The van der Waals surface area contributed by atoms with Crippen LogP contribution in [-0.2, 0) is 18.8 Å². The van der Waals surface area contributed by atoms with Crippen LogP contribution in [0.4, 0.5) is 0 Å². The number of aromatic nitrogens is 1. The maximum atomic E-state index is 9.29. The van der Waals surface area contributed by atoms with Crippen LogP contribution in [0.15, 0.2) is 48.7 Å². The summed E-state index contributed by atoms with van der Waals surface area (Å²) in [7, 11) is 1.89. The molecule has 2 aromatic carbocycles. The van der Waals surface area contributed by atoms with Gasteiger partial charge in [0.05, 0.1) is 5.56 Å². The summed E-state index contributed by atoms with van der Waals surface area (Å²) in [5.41, 5.74) is 5.01. The fourth-order valence-electron chi connectivity index (χ4n) is 4.32. The quantitative estimate of drug-likeness (QED) is 0.532. The molecule has 1 heterocycles. The lowest BCUT2D eigenvalue weighted by atomic mass is 9.68. The van der Waals surface area contributed by atoms with E-state index in [1.54, 1.807) is 12.1 Å². The molecule has 24 heavy (non-hydrogen) atoms. The Kier molecular flexibility index (Phi) is 1.78. The lowest BCUT2D eigenvalue weighted by Gasteiger charge is -2.34. The van der Waals surface area contributed by atoms with Crippen molar-refractivity contribution in [3.05, 3.63) is 76.5 Å². The van der Waals surface area contributed by atoms with Gasteiger partial charge in [-0.1, -0.05) is 42.7 Å². The highest BCUT2D eigenvalue weighted by Gasteiger charge is 2.47. The van der Waals surface area contributed by atoms with Gasteiger partial charge in [0.2, 0.25) is 5.69 Å². The minimum absolute atomic E-state index is 0.431. The van der Waals surface area contributed by atoms with Crippen LogP contribution in [0.2, 0.25) is 0 Å². The van der Waals surface area contributed by atoms with Crippen LogP contribution in [0.3, 0.4) is 0 Å². The maximum absolute atomic E-state index is 9.29. The summed E-state index contributed by atoms with van der Waals surface area (Å²) in [6.07, 6.45) is -0.219. The van der Waals surface area contributed by atoms with Gasteiger partial charge in [0.1, 0.15) is 7.05 Å². The molecule has 5 rings (SSSR count). The van der Waals surface area contributed by atoms with Crippen LogP contribution >= 0.6 is 0 Å². The van der Waals surface area contributed by atoms with Crippen LogP contribution in [0.5, 0.6) is 0 Å². The fourth-order valence-corrected chi connectivity index (χ4v) is 4.32. The van der Waals surface area contributed by atoms with E-state index >= 15 is 0 Å². The number of nitrogens with zero attached hydrogens (tertiary/aromatic N) is 1. The Morgan fingerprint density at radius 1 is 1.12 bits per heavy atom. The molecule has 0 bridgehead atoms. The number of fused-ring (bicyclic) bond motifs is 5. The summed E-state index contributed by atoms with van der Waals surface area (Å²) >= 11 is 0. The number of hydrogen-bond donors (Lipinski definition) is 0. The summed E-state index contributed by atoms with van der Waals surface area (Å²) < 4.78 is 46.4. The average molecular weight is 317 g/mol. The van der Waals surface area contributed by atoms with E-state index in [0.29, 0.717) is 16.7 Å². The monoisotopic (exact) mass is 317 g/mol. The van der Waals surface area contributed by atoms with Gasteiger partial charge in [0.15, 0.2) is 6.20 Å². The zero-order valence-electron chi connectivity index (χ0n) is 19.1. The van der Waals surface area contributed by atoms with E-state index < -0.39 is 18.6 Å². The van der Waals surface area contributed by atoms with Crippen molar-refractivity contribution < 1.29 is 11.4 Å². The number of hydrogen-bond acceptors (Lipinski definition) is 0. The van der Waals surface area contributed by atoms with Gasteiger partial charge in [-0.15, -0.1) is 0 Å². The third kappa shape index (κ3) is 1.53. The van der Waals surface area contributed by atoms with Gasteiger partial charge in [0, 0.05) is 23.9 Å². The normalized spacial score (nSPS) is 25.4. The van der Waals surface area contributed by atoms with Crippen molar-refractivity contribution in [2.45, 2.75) is 32.5 Å². The van der Waals surface area contributed by atoms with Crippen molar-refractivity contribution >= 4 is 0 Å². The first kappa shape index (κ1) is 9.78. The van der Waals surface area contributed by atoms with Crippen LogP contribution < -0.4 is 4.57 Å². The second-order valence-electron chi connectivity index (χ2n) is 6.99. The van der Waals surface area contributed by atoms with Gasteiger partial charge in [0.25, 0.3) is 0 Å². The lowest BCUT2D eigenvalue weighted by molar-refractivity contribution is -0.660. The Hall–Kier alpha value is -2.41. The zero-order chi connectivity index (χ0) is 20.9. The van der Waals surface area contributed by atoms with Gasteiger partial charge in [-0.3, -0.25) is 0 Å². The molecule has 0 radical (unpaired) electrons. The molecule has 1 unspecified atom stereocenters. The first-order valence-corrected chi connectivity index (χ1v) is 8.28. The van der Waals surface area contributed by atoms with Crippen LogP contribution in [0.25, 0.3) is 22.4 Å². The van der Waals surface area contributed by atoms with Gasteiger partial charge in [-0.05, 0) is 54.1 Å². The predicted octanol–water partition coefficient (Wildman–Crippen LogP) is 4.64. The molecule has 0 spiro atoms. The molecule has 2 aliphatic carbocycles. The Balaban J connectivity index is 2.11. The molecule has 0 N–H and O–H groups in total. The molecular formula is C23H22N+. The number of aryl methyl sites for hydroxylation is 3. The summed E-state index contributed by atoms with van der Waals surface area (Å²) in [6.45, 7) is 1.33. The number of benzene rings is 2. The highest BCUT2D eigenvalue weighted by Crippen LogP contribution is 2.57. The molecule has 0 aliphatic heterocycles. The molecule has 1 aromatic heterocycles. The van der Waals surface area contributed by atoms with Crippen molar-refractivity contribution in [3.63, 3.8) is 0 Å². The van der Waals surface area contributed by atoms with Gasteiger partial charge >= 0.3 is 0 Å².